The second kappa shape index (κ2) is 4.01. The summed E-state index contributed by atoms with van der Waals surface area (Å²) in [6.45, 7) is 3.08. The number of anilines is 1. The van der Waals surface area contributed by atoms with E-state index in [4.69, 9.17) is 0 Å². The van der Waals surface area contributed by atoms with E-state index in [-0.39, 0.29) is 23.7 Å². The van der Waals surface area contributed by atoms with Gasteiger partial charge in [-0.2, -0.15) is 0 Å². The van der Waals surface area contributed by atoms with Gasteiger partial charge in [0, 0.05) is 24.3 Å². The van der Waals surface area contributed by atoms with E-state index >= 15 is 0 Å². The molecule has 4 rings (SSSR count). The highest BCUT2D eigenvalue weighted by atomic mass is 16.2. The summed E-state index contributed by atoms with van der Waals surface area (Å²) in [4.78, 5) is 34.7. The monoisotopic (exact) mass is 272 g/mol. The summed E-state index contributed by atoms with van der Waals surface area (Å²) >= 11 is 0. The molecule has 3 aliphatic rings. The molecule has 3 heterocycles. The second-order valence-corrected chi connectivity index (χ2v) is 5.84. The van der Waals surface area contributed by atoms with Crippen LogP contribution < -0.4 is 10.2 Å². The van der Waals surface area contributed by atoms with Crippen LogP contribution in [0.1, 0.15) is 23.5 Å². The van der Waals surface area contributed by atoms with E-state index < -0.39 is 0 Å². The van der Waals surface area contributed by atoms with E-state index in [1.165, 1.54) is 5.56 Å². The SMILES string of the molecule is Cc1nc2c(c(N3CC4C(=O)NC(=O)C4C3)n1)CCC2. The number of aromatic nitrogens is 2. The Bertz CT molecular complexity index is 606. The maximum Gasteiger partial charge on any atom is 0.232 e. The van der Waals surface area contributed by atoms with Crippen molar-refractivity contribution in [3.05, 3.63) is 17.1 Å². The zero-order valence-electron chi connectivity index (χ0n) is 11.3. The van der Waals surface area contributed by atoms with Crippen molar-refractivity contribution in [3.63, 3.8) is 0 Å². The van der Waals surface area contributed by atoms with Gasteiger partial charge in [-0.15, -0.1) is 0 Å². The summed E-state index contributed by atoms with van der Waals surface area (Å²) in [5.74, 6) is 1.02. The number of hydrogen-bond donors (Lipinski definition) is 1. The van der Waals surface area contributed by atoms with Gasteiger partial charge in [-0.25, -0.2) is 9.97 Å². The fourth-order valence-corrected chi connectivity index (χ4v) is 3.61. The van der Waals surface area contributed by atoms with E-state index in [2.05, 4.69) is 20.2 Å². The Balaban J connectivity index is 1.70. The number of hydrogen-bond acceptors (Lipinski definition) is 5. The van der Waals surface area contributed by atoms with E-state index in [0.717, 1.165) is 36.6 Å². The molecule has 1 N–H and O–H groups in total. The van der Waals surface area contributed by atoms with E-state index in [0.29, 0.717) is 13.1 Å². The van der Waals surface area contributed by atoms with Gasteiger partial charge < -0.3 is 4.90 Å². The van der Waals surface area contributed by atoms with Crippen molar-refractivity contribution in [2.45, 2.75) is 26.2 Å². The average molecular weight is 272 g/mol. The number of carbonyl (C=O) groups excluding carboxylic acids is 2. The van der Waals surface area contributed by atoms with E-state index in [9.17, 15) is 9.59 Å². The molecule has 0 aromatic carbocycles. The van der Waals surface area contributed by atoms with Crippen LogP contribution in [-0.2, 0) is 22.4 Å². The molecule has 104 valence electrons. The maximum absolute atomic E-state index is 11.8. The van der Waals surface area contributed by atoms with Gasteiger partial charge in [-0.1, -0.05) is 0 Å². The number of amides is 2. The molecule has 2 fully saturated rings. The number of aryl methyl sites for hydroxylation is 2. The van der Waals surface area contributed by atoms with Crippen molar-refractivity contribution in [2.24, 2.45) is 11.8 Å². The fourth-order valence-electron chi connectivity index (χ4n) is 3.61. The first kappa shape index (κ1) is 11.8. The van der Waals surface area contributed by atoms with Crippen molar-refractivity contribution in [1.29, 1.82) is 0 Å². The van der Waals surface area contributed by atoms with Gasteiger partial charge in [0.2, 0.25) is 11.8 Å². The minimum atomic E-state index is -0.213. The van der Waals surface area contributed by atoms with Crippen LogP contribution in [0.2, 0.25) is 0 Å². The number of nitrogens with zero attached hydrogens (tertiary/aromatic N) is 3. The van der Waals surface area contributed by atoms with Crippen LogP contribution in [0.25, 0.3) is 0 Å². The molecule has 0 radical (unpaired) electrons. The lowest BCUT2D eigenvalue weighted by Gasteiger charge is -2.21. The zero-order valence-corrected chi connectivity index (χ0v) is 11.3. The Morgan fingerprint density at radius 3 is 2.50 bits per heavy atom. The van der Waals surface area contributed by atoms with E-state index in [1.54, 1.807) is 0 Å². The zero-order chi connectivity index (χ0) is 13.9. The molecule has 2 aliphatic heterocycles. The van der Waals surface area contributed by atoms with Crippen LogP contribution in [0, 0.1) is 18.8 Å². The molecule has 0 spiro atoms. The molecular weight excluding hydrogens is 256 g/mol. The number of nitrogens with one attached hydrogen (secondary N) is 1. The lowest BCUT2D eigenvalue weighted by Crippen LogP contribution is -2.32. The third-order valence-electron chi connectivity index (χ3n) is 4.56. The lowest BCUT2D eigenvalue weighted by molar-refractivity contribution is -0.126. The molecule has 6 heteroatoms. The van der Waals surface area contributed by atoms with Crippen LogP contribution in [0.4, 0.5) is 5.82 Å². The Hall–Kier alpha value is -1.98. The number of fused-ring (bicyclic) bond motifs is 2. The molecule has 2 atom stereocenters. The first-order valence-electron chi connectivity index (χ1n) is 7.09. The largest absolute Gasteiger partial charge is 0.355 e. The van der Waals surface area contributed by atoms with E-state index in [1.807, 2.05) is 6.92 Å². The van der Waals surface area contributed by atoms with Crippen LogP contribution in [-0.4, -0.2) is 34.9 Å². The first-order chi connectivity index (χ1) is 9.63. The van der Waals surface area contributed by atoms with Crippen LogP contribution in [0.3, 0.4) is 0 Å². The lowest BCUT2D eigenvalue weighted by atomic mass is 10.00. The molecule has 2 saturated heterocycles. The highest BCUT2D eigenvalue weighted by Gasteiger charge is 2.48. The Morgan fingerprint density at radius 1 is 1.10 bits per heavy atom. The maximum atomic E-state index is 11.8. The summed E-state index contributed by atoms with van der Waals surface area (Å²) < 4.78 is 0. The Morgan fingerprint density at radius 2 is 1.80 bits per heavy atom. The molecule has 6 nitrogen and oxygen atoms in total. The smallest absolute Gasteiger partial charge is 0.232 e. The minimum Gasteiger partial charge on any atom is -0.355 e. The van der Waals surface area contributed by atoms with Crippen molar-refractivity contribution in [1.82, 2.24) is 15.3 Å². The highest BCUT2D eigenvalue weighted by Crippen LogP contribution is 2.35. The highest BCUT2D eigenvalue weighted by molar-refractivity contribution is 6.06. The third kappa shape index (κ3) is 1.57. The van der Waals surface area contributed by atoms with Crippen LogP contribution >= 0.6 is 0 Å². The quantitative estimate of drug-likeness (QED) is 0.727. The van der Waals surface area contributed by atoms with Gasteiger partial charge in [-0.3, -0.25) is 14.9 Å². The summed E-state index contributed by atoms with van der Waals surface area (Å²) in [6.07, 6.45) is 3.11. The molecule has 1 aliphatic carbocycles. The topological polar surface area (TPSA) is 75.2 Å². The minimum absolute atomic E-state index is 0.134. The van der Waals surface area contributed by atoms with Crippen molar-refractivity contribution in [3.8, 4) is 0 Å². The molecule has 2 unspecified atom stereocenters. The van der Waals surface area contributed by atoms with Crippen molar-refractivity contribution >= 4 is 17.6 Å². The average Bonchev–Trinajstić information content (AvgIpc) is 3.07. The number of carbonyl (C=O) groups is 2. The normalized spacial score (nSPS) is 27.8. The third-order valence-corrected chi connectivity index (χ3v) is 4.56. The molecule has 20 heavy (non-hydrogen) atoms. The summed E-state index contributed by atoms with van der Waals surface area (Å²) in [6, 6.07) is 0. The van der Waals surface area contributed by atoms with Gasteiger partial charge in [0.25, 0.3) is 0 Å². The fraction of sp³-hybridized carbons (Fsp3) is 0.571. The predicted octanol–water partition coefficient (Wildman–Crippen LogP) is -0.0175. The van der Waals surface area contributed by atoms with Gasteiger partial charge >= 0.3 is 0 Å². The summed E-state index contributed by atoms with van der Waals surface area (Å²) in [7, 11) is 0. The molecule has 1 aromatic rings. The van der Waals surface area contributed by atoms with Crippen LogP contribution in [0.5, 0.6) is 0 Å². The molecule has 1 aromatic heterocycles. The van der Waals surface area contributed by atoms with Gasteiger partial charge in [0.05, 0.1) is 11.8 Å². The van der Waals surface area contributed by atoms with Crippen LogP contribution in [0.15, 0.2) is 0 Å². The molecule has 2 amide bonds. The molecular formula is C14H16N4O2. The van der Waals surface area contributed by atoms with Crippen molar-refractivity contribution < 1.29 is 9.59 Å². The Labute approximate surface area is 116 Å². The molecule has 0 saturated carbocycles. The number of rotatable bonds is 1. The van der Waals surface area contributed by atoms with Gasteiger partial charge in [0.1, 0.15) is 11.6 Å². The van der Waals surface area contributed by atoms with Gasteiger partial charge in [-0.05, 0) is 26.2 Å². The standard InChI is InChI=1S/C14H16N4O2/c1-7-15-11-4-2-3-8(11)12(16-7)18-5-9-10(6-18)14(20)17-13(9)19/h9-10H,2-6H2,1H3,(H,17,19,20). The first-order valence-corrected chi connectivity index (χ1v) is 7.09. The Kier molecular flexibility index (Phi) is 2.37. The molecule has 0 bridgehead atoms. The summed E-state index contributed by atoms with van der Waals surface area (Å²) in [5.41, 5.74) is 2.35. The predicted molar refractivity (Wildman–Crippen MR) is 71.1 cm³/mol. The number of imide groups is 1. The summed E-state index contributed by atoms with van der Waals surface area (Å²) in [5, 5.41) is 2.42. The van der Waals surface area contributed by atoms with Gasteiger partial charge in [0.15, 0.2) is 0 Å². The second-order valence-electron chi connectivity index (χ2n) is 5.84. The van der Waals surface area contributed by atoms with Crippen molar-refractivity contribution in [2.75, 3.05) is 18.0 Å².